The molecule has 0 spiro atoms. The third-order valence-electron chi connectivity index (χ3n) is 4.78. The first-order valence-corrected chi connectivity index (χ1v) is 7.69. The lowest BCUT2D eigenvalue weighted by Gasteiger charge is -2.27. The summed E-state index contributed by atoms with van der Waals surface area (Å²) in [5.41, 5.74) is 8.64. The van der Waals surface area contributed by atoms with Crippen LogP contribution >= 0.6 is 11.6 Å². The summed E-state index contributed by atoms with van der Waals surface area (Å²) < 4.78 is 0. The van der Waals surface area contributed by atoms with Crippen LogP contribution in [0.25, 0.3) is 0 Å². The van der Waals surface area contributed by atoms with Crippen molar-refractivity contribution in [3.8, 4) is 0 Å². The Morgan fingerprint density at radius 1 is 1.37 bits per heavy atom. The molecular formula is C16H25ClN2. The summed E-state index contributed by atoms with van der Waals surface area (Å²) in [6.07, 6.45) is 3.76. The summed E-state index contributed by atoms with van der Waals surface area (Å²) in [4.78, 5) is 2.43. The van der Waals surface area contributed by atoms with Gasteiger partial charge in [-0.15, -0.1) is 0 Å². The Kier molecular flexibility index (Phi) is 4.42. The van der Waals surface area contributed by atoms with E-state index in [1.54, 1.807) is 0 Å². The molecule has 1 aliphatic rings. The number of nitrogens with two attached hydrogens (primary N) is 1. The van der Waals surface area contributed by atoms with Crippen molar-refractivity contribution < 1.29 is 0 Å². The van der Waals surface area contributed by atoms with E-state index in [9.17, 15) is 0 Å². The van der Waals surface area contributed by atoms with Gasteiger partial charge in [-0.25, -0.2) is 0 Å². The van der Waals surface area contributed by atoms with E-state index in [2.05, 4.69) is 30.9 Å². The van der Waals surface area contributed by atoms with E-state index in [0.29, 0.717) is 5.41 Å². The molecule has 0 amide bonds. The zero-order valence-corrected chi connectivity index (χ0v) is 13.0. The third kappa shape index (κ3) is 2.90. The maximum absolute atomic E-state index is 6.44. The van der Waals surface area contributed by atoms with Gasteiger partial charge < -0.3 is 10.6 Å². The van der Waals surface area contributed by atoms with E-state index in [1.807, 2.05) is 13.0 Å². The van der Waals surface area contributed by atoms with E-state index in [4.69, 9.17) is 17.3 Å². The fourth-order valence-corrected chi connectivity index (χ4v) is 3.34. The monoisotopic (exact) mass is 280 g/mol. The largest absolute Gasteiger partial charge is 0.370 e. The molecule has 1 unspecified atom stereocenters. The van der Waals surface area contributed by atoms with Crippen molar-refractivity contribution >= 4 is 17.3 Å². The molecule has 0 radical (unpaired) electrons. The van der Waals surface area contributed by atoms with Crippen LogP contribution in [0.1, 0.15) is 51.6 Å². The molecule has 2 rings (SSSR count). The fourth-order valence-electron chi connectivity index (χ4n) is 3.03. The van der Waals surface area contributed by atoms with Crippen molar-refractivity contribution in [3.05, 3.63) is 28.8 Å². The molecular weight excluding hydrogens is 256 g/mol. The molecule has 1 heterocycles. The highest BCUT2D eigenvalue weighted by atomic mass is 35.5. The van der Waals surface area contributed by atoms with Gasteiger partial charge >= 0.3 is 0 Å². The number of nitrogens with zero attached hydrogens (tertiary/aromatic N) is 1. The maximum atomic E-state index is 6.44. The average molecular weight is 281 g/mol. The zero-order chi connectivity index (χ0) is 14.0. The standard InChI is InChI=1S/C16H25ClN2/c1-4-16(5-2)8-9-19(11-16)15-7-6-13(12(3)18)10-14(15)17/h6-7,10,12H,4-5,8-9,11,18H2,1-3H3. The Bertz CT molecular complexity index is 438. The van der Waals surface area contributed by atoms with Gasteiger partial charge in [0.1, 0.15) is 0 Å². The van der Waals surface area contributed by atoms with Gasteiger partial charge in [-0.3, -0.25) is 0 Å². The van der Waals surface area contributed by atoms with Gasteiger partial charge in [-0.1, -0.05) is 31.5 Å². The SMILES string of the molecule is CCC1(CC)CCN(c2ccc(C(C)N)cc2Cl)C1. The van der Waals surface area contributed by atoms with Crippen LogP contribution in [0.15, 0.2) is 18.2 Å². The second-order valence-electron chi connectivity index (χ2n) is 5.88. The van der Waals surface area contributed by atoms with Gasteiger partial charge in [0.25, 0.3) is 0 Å². The van der Waals surface area contributed by atoms with Crippen LogP contribution in [-0.2, 0) is 0 Å². The van der Waals surface area contributed by atoms with E-state index in [0.717, 1.165) is 29.4 Å². The summed E-state index contributed by atoms with van der Waals surface area (Å²) in [7, 11) is 0. The summed E-state index contributed by atoms with van der Waals surface area (Å²) in [6.45, 7) is 8.82. The van der Waals surface area contributed by atoms with Gasteiger partial charge in [-0.05, 0) is 49.3 Å². The molecule has 1 aromatic rings. The molecule has 1 fully saturated rings. The van der Waals surface area contributed by atoms with Crippen LogP contribution in [-0.4, -0.2) is 13.1 Å². The lowest BCUT2D eigenvalue weighted by atomic mass is 9.82. The molecule has 0 aliphatic carbocycles. The van der Waals surface area contributed by atoms with Crippen molar-refractivity contribution in [2.45, 2.75) is 46.1 Å². The Labute approximate surface area is 121 Å². The minimum Gasteiger partial charge on any atom is -0.370 e. The van der Waals surface area contributed by atoms with Crippen LogP contribution in [0.5, 0.6) is 0 Å². The Hall–Kier alpha value is -0.730. The van der Waals surface area contributed by atoms with E-state index in [-0.39, 0.29) is 6.04 Å². The second-order valence-corrected chi connectivity index (χ2v) is 6.29. The normalized spacial score (nSPS) is 19.7. The summed E-state index contributed by atoms with van der Waals surface area (Å²) >= 11 is 6.44. The van der Waals surface area contributed by atoms with Gasteiger partial charge in [0, 0.05) is 19.1 Å². The molecule has 2 nitrogen and oxygen atoms in total. The number of rotatable bonds is 4. The quantitative estimate of drug-likeness (QED) is 0.887. The molecule has 1 aromatic carbocycles. The molecule has 1 atom stereocenters. The first-order valence-electron chi connectivity index (χ1n) is 7.31. The molecule has 0 saturated carbocycles. The summed E-state index contributed by atoms with van der Waals surface area (Å²) in [5, 5.41) is 0.831. The van der Waals surface area contributed by atoms with Crippen LogP contribution in [0.4, 0.5) is 5.69 Å². The van der Waals surface area contributed by atoms with Gasteiger partial charge in [0.15, 0.2) is 0 Å². The zero-order valence-electron chi connectivity index (χ0n) is 12.2. The predicted octanol–water partition coefficient (Wildman–Crippen LogP) is 4.38. The minimum atomic E-state index is 0.0375. The lowest BCUT2D eigenvalue weighted by molar-refractivity contribution is 0.301. The van der Waals surface area contributed by atoms with Crippen molar-refractivity contribution in [3.63, 3.8) is 0 Å². The molecule has 3 heteroatoms. The predicted molar refractivity (Wildman–Crippen MR) is 83.9 cm³/mol. The Morgan fingerprint density at radius 3 is 2.53 bits per heavy atom. The molecule has 19 heavy (non-hydrogen) atoms. The van der Waals surface area contributed by atoms with Crippen LogP contribution in [0.2, 0.25) is 5.02 Å². The first-order chi connectivity index (χ1) is 9.01. The summed E-state index contributed by atoms with van der Waals surface area (Å²) in [5.74, 6) is 0. The van der Waals surface area contributed by atoms with E-state index in [1.165, 1.54) is 19.3 Å². The number of hydrogen-bond acceptors (Lipinski definition) is 2. The van der Waals surface area contributed by atoms with Crippen LogP contribution in [0, 0.1) is 5.41 Å². The van der Waals surface area contributed by atoms with Crippen molar-refractivity contribution in [1.82, 2.24) is 0 Å². The van der Waals surface area contributed by atoms with Gasteiger partial charge in [0.05, 0.1) is 10.7 Å². The number of halogens is 1. The Morgan fingerprint density at radius 2 is 2.05 bits per heavy atom. The molecule has 1 saturated heterocycles. The molecule has 0 bridgehead atoms. The van der Waals surface area contributed by atoms with E-state index >= 15 is 0 Å². The van der Waals surface area contributed by atoms with E-state index < -0.39 is 0 Å². The topological polar surface area (TPSA) is 29.3 Å². The molecule has 2 N–H and O–H groups in total. The first kappa shape index (κ1) is 14.7. The Balaban J connectivity index is 2.20. The summed E-state index contributed by atoms with van der Waals surface area (Å²) in [6, 6.07) is 6.28. The number of hydrogen-bond donors (Lipinski definition) is 1. The second kappa shape index (κ2) is 5.72. The fraction of sp³-hybridized carbons (Fsp3) is 0.625. The molecule has 106 valence electrons. The number of anilines is 1. The maximum Gasteiger partial charge on any atom is 0.0642 e. The highest BCUT2D eigenvalue weighted by molar-refractivity contribution is 6.33. The van der Waals surface area contributed by atoms with Crippen LogP contribution < -0.4 is 10.6 Å². The highest BCUT2D eigenvalue weighted by Gasteiger charge is 2.35. The van der Waals surface area contributed by atoms with Crippen LogP contribution in [0.3, 0.4) is 0 Å². The molecule has 0 aromatic heterocycles. The third-order valence-corrected chi connectivity index (χ3v) is 5.08. The minimum absolute atomic E-state index is 0.0375. The van der Waals surface area contributed by atoms with Crippen molar-refractivity contribution in [2.24, 2.45) is 11.1 Å². The van der Waals surface area contributed by atoms with Crippen molar-refractivity contribution in [2.75, 3.05) is 18.0 Å². The smallest absolute Gasteiger partial charge is 0.0642 e. The van der Waals surface area contributed by atoms with Gasteiger partial charge in [0.2, 0.25) is 0 Å². The van der Waals surface area contributed by atoms with Crippen molar-refractivity contribution in [1.29, 1.82) is 0 Å². The average Bonchev–Trinajstić information content (AvgIpc) is 2.83. The highest BCUT2D eigenvalue weighted by Crippen LogP contribution is 2.41. The number of benzene rings is 1. The van der Waals surface area contributed by atoms with Gasteiger partial charge in [-0.2, -0.15) is 0 Å². The lowest BCUT2D eigenvalue weighted by Crippen LogP contribution is -2.26. The molecule has 1 aliphatic heterocycles.